The molecular weight excluding hydrogens is 542 g/mol. The molecule has 2 fully saturated rings. The standard InChI is InChI=1S/C32H34ClN3O5/c33-23-13-5-6-14-24(23)35-19-10-16-32-27(30(39)36(28(32)31(35)40)18-7-2-8-20-37)26-25(41-32)15-9-17-34(29(26)38)21-22-11-3-1-4-12-22/h1,3-6,9-16,25-28,37H,2,7-8,17-21H2/t25-,26+,27+,28?,32+/m1/s1. The summed E-state index contributed by atoms with van der Waals surface area (Å²) >= 11 is 6.52. The van der Waals surface area contributed by atoms with Crippen molar-refractivity contribution in [1.29, 1.82) is 0 Å². The fourth-order valence-corrected chi connectivity index (χ4v) is 7.07. The number of carbonyl (C=O) groups excluding carboxylic acids is 3. The Kier molecular flexibility index (Phi) is 7.72. The minimum Gasteiger partial charge on any atom is -0.396 e. The fraction of sp³-hybridized carbons (Fsp3) is 0.406. The second-order valence-electron chi connectivity index (χ2n) is 11.1. The minimum atomic E-state index is -1.29. The van der Waals surface area contributed by atoms with Crippen LogP contribution in [-0.4, -0.2) is 76.6 Å². The Morgan fingerprint density at radius 3 is 2.46 bits per heavy atom. The summed E-state index contributed by atoms with van der Waals surface area (Å²) in [7, 11) is 0. The molecule has 0 aromatic heterocycles. The number of carbonyl (C=O) groups is 3. The van der Waals surface area contributed by atoms with E-state index in [1.165, 1.54) is 0 Å². The number of likely N-dealkylation sites (tertiary alicyclic amines) is 1. The highest BCUT2D eigenvalue weighted by Crippen LogP contribution is 2.54. The van der Waals surface area contributed by atoms with Gasteiger partial charge in [-0.15, -0.1) is 0 Å². The van der Waals surface area contributed by atoms with Crippen molar-refractivity contribution < 1.29 is 24.2 Å². The predicted octanol–water partition coefficient (Wildman–Crippen LogP) is 3.58. The third-order valence-corrected chi connectivity index (χ3v) is 8.98. The van der Waals surface area contributed by atoms with Crippen molar-refractivity contribution in [2.75, 3.05) is 31.1 Å². The van der Waals surface area contributed by atoms with E-state index in [0.29, 0.717) is 49.6 Å². The van der Waals surface area contributed by atoms with Crippen molar-refractivity contribution in [3.05, 3.63) is 89.5 Å². The summed E-state index contributed by atoms with van der Waals surface area (Å²) in [5.41, 5.74) is 0.281. The van der Waals surface area contributed by atoms with E-state index < -0.39 is 29.6 Å². The first-order chi connectivity index (χ1) is 20.0. The van der Waals surface area contributed by atoms with Crippen LogP contribution < -0.4 is 4.90 Å². The van der Waals surface area contributed by atoms with Crippen molar-refractivity contribution in [3.8, 4) is 0 Å². The van der Waals surface area contributed by atoms with Crippen molar-refractivity contribution in [2.24, 2.45) is 11.8 Å². The number of anilines is 1. The number of fused-ring (bicyclic) bond motifs is 2. The number of aliphatic hydroxyl groups is 1. The number of rotatable bonds is 8. The minimum absolute atomic E-state index is 0.0663. The highest BCUT2D eigenvalue weighted by molar-refractivity contribution is 6.34. The Bertz CT molecular complexity index is 1380. The lowest BCUT2D eigenvalue weighted by molar-refractivity contribution is -0.144. The number of hydrogen-bond acceptors (Lipinski definition) is 5. The van der Waals surface area contributed by atoms with Crippen LogP contribution >= 0.6 is 11.6 Å². The molecule has 1 unspecified atom stereocenters. The molecule has 1 spiro atoms. The third kappa shape index (κ3) is 4.78. The SMILES string of the molecule is O=C1[C@@H]2[C@H]3C(=O)N(CCCCCO)C4C(=O)N(c5ccccc5Cl)CC=C[C@@]43O[C@@H]2C=CCN1Cc1ccccc1. The van der Waals surface area contributed by atoms with Gasteiger partial charge in [-0.2, -0.15) is 0 Å². The number of para-hydroxylation sites is 1. The topological polar surface area (TPSA) is 90.4 Å². The van der Waals surface area contributed by atoms with Gasteiger partial charge in [-0.3, -0.25) is 14.4 Å². The van der Waals surface area contributed by atoms with E-state index in [-0.39, 0.29) is 30.9 Å². The zero-order valence-electron chi connectivity index (χ0n) is 22.8. The lowest BCUT2D eigenvalue weighted by Gasteiger charge is -2.35. The van der Waals surface area contributed by atoms with Gasteiger partial charge in [0, 0.05) is 32.8 Å². The van der Waals surface area contributed by atoms with E-state index in [1.807, 2.05) is 60.7 Å². The molecule has 1 N–H and O–H groups in total. The maximum atomic E-state index is 14.4. The van der Waals surface area contributed by atoms with Crippen molar-refractivity contribution in [2.45, 2.75) is 43.6 Å². The Balaban J connectivity index is 1.38. The number of benzene rings is 2. The molecule has 2 aromatic carbocycles. The number of ether oxygens (including phenoxy) is 1. The molecule has 0 saturated carbocycles. The Morgan fingerprint density at radius 1 is 0.902 bits per heavy atom. The van der Waals surface area contributed by atoms with Gasteiger partial charge in [-0.05, 0) is 37.0 Å². The number of unbranched alkanes of at least 4 members (excludes halogenated alkanes) is 2. The first-order valence-corrected chi connectivity index (χ1v) is 14.7. The molecule has 214 valence electrons. The molecular formula is C32H34ClN3O5. The zero-order chi connectivity index (χ0) is 28.6. The quantitative estimate of drug-likeness (QED) is 0.384. The van der Waals surface area contributed by atoms with E-state index in [4.69, 9.17) is 16.3 Å². The summed E-state index contributed by atoms with van der Waals surface area (Å²) < 4.78 is 6.72. The Morgan fingerprint density at radius 2 is 1.68 bits per heavy atom. The molecule has 0 radical (unpaired) electrons. The molecule has 4 heterocycles. The van der Waals surface area contributed by atoms with E-state index in [1.54, 1.807) is 32.9 Å². The van der Waals surface area contributed by atoms with Crippen LogP contribution in [0.5, 0.6) is 0 Å². The molecule has 4 aliphatic heterocycles. The van der Waals surface area contributed by atoms with E-state index in [2.05, 4.69) is 0 Å². The normalized spacial score (nSPS) is 28.9. The number of nitrogens with zero attached hydrogens (tertiary/aromatic N) is 3. The molecule has 2 aromatic rings. The van der Waals surface area contributed by atoms with Crippen LogP contribution in [0, 0.1) is 11.8 Å². The van der Waals surface area contributed by atoms with Crippen molar-refractivity contribution >= 4 is 35.0 Å². The van der Waals surface area contributed by atoms with Crippen LogP contribution in [0.2, 0.25) is 5.02 Å². The monoisotopic (exact) mass is 575 g/mol. The number of halogens is 1. The fourth-order valence-electron chi connectivity index (χ4n) is 6.83. The molecule has 0 aliphatic carbocycles. The number of aliphatic hydroxyl groups excluding tert-OH is 1. The third-order valence-electron chi connectivity index (χ3n) is 8.66. The molecule has 4 aliphatic rings. The zero-order valence-corrected chi connectivity index (χ0v) is 23.5. The van der Waals surface area contributed by atoms with Crippen molar-refractivity contribution in [1.82, 2.24) is 9.80 Å². The van der Waals surface area contributed by atoms with Gasteiger partial charge in [-0.1, -0.05) is 78.4 Å². The van der Waals surface area contributed by atoms with Crippen LogP contribution in [0.4, 0.5) is 5.69 Å². The van der Waals surface area contributed by atoms with E-state index >= 15 is 0 Å². The first-order valence-electron chi connectivity index (χ1n) is 14.3. The van der Waals surface area contributed by atoms with Gasteiger partial charge in [0.15, 0.2) is 0 Å². The molecule has 3 amide bonds. The summed E-state index contributed by atoms with van der Waals surface area (Å²) in [5.74, 6) is -2.26. The van der Waals surface area contributed by atoms with Crippen LogP contribution in [0.1, 0.15) is 24.8 Å². The lowest BCUT2D eigenvalue weighted by atomic mass is 9.77. The Labute approximate surface area is 244 Å². The average molecular weight is 576 g/mol. The van der Waals surface area contributed by atoms with Crippen molar-refractivity contribution in [3.63, 3.8) is 0 Å². The number of amides is 3. The summed E-state index contributed by atoms with van der Waals surface area (Å²) in [6.07, 6.45) is 8.83. The molecule has 41 heavy (non-hydrogen) atoms. The van der Waals surface area contributed by atoms with Gasteiger partial charge < -0.3 is 24.5 Å². The highest BCUT2D eigenvalue weighted by Gasteiger charge is 2.71. The van der Waals surface area contributed by atoms with Gasteiger partial charge in [-0.25, -0.2) is 0 Å². The lowest BCUT2D eigenvalue weighted by Crippen LogP contribution is -2.55. The Hall–Kier alpha value is -3.46. The average Bonchev–Trinajstić information content (AvgIpc) is 3.29. The van der Waals surface area contributed by atoms with Crippen LogP contribution in [-0.2, 0) is 25.7 Å². The van der Waals surface area contributed by atoms with Gasteiger partial charge in [0.05, 0.1) is 28.6 Å². The second kappa shape index (κ2) is 11.4. The predicted molar refractivity (Wildman–Crippen MR) is 155 cm³/mol. The van der Waals surface area contributed by atoms with E-state index in [0.717, 1.165) is 5.56 Å². The summed E-state index contributed by atoms with van der Waals surface area (Å²) in [5, 5.41) is 9.72. The van der Waals surface area contributed by atoms with Gasteiger partial charge in [0.2, 0.25) is 11.8 Å². The highest BCUT2D eigenvalue weighted by atomic mass is 35.5. The molecule has 8 nitrogen and oxygen atoms in total. The molecule has 0 bridgehead atoms. The smallest absolute Gasteiger partial charge is 0.253 e. The summed E-state index contributed by atoms with van der Waals surface area (Å²) in [6.45, 7) is 1.50. The van der Waals surface area contributed by atoms with Gasteiger partial charge >= 0.3 is 0 Å². The molecule has 2 saturated heterocycles. The largest absolute Gasteiger partial charge is 0.396 e. The van der Waals surface area contributed by atoms with Crippen LogP contribution in [0.3, 0.4) is 0 Å². The number of hydrogen-bond donors (Lipinski definition) is 1. The molecule has 6 rings (SSSR count). The maximum Gasteiger partial charge on any atom is 0.253 e. The molecule has 5 atom stereocenters. The van der Waals surface area contributed by atoms with E-state index in [9.17, 15) is 19.5 Å². The van der Waals surface area contributed by atoms with Gasteiger partial charge in [0.1, 0.15) is 11.6 Å². The maximum absolute atomic E-state index is 14.4. The van der Waals surface area contributed by atoms with Crippen LogP contribution in [0.25, 0.3) is 0 Å². The summed E-state index contributed by atoms with van der Waals surface area (Å²) in [6, 6.07) is 16.0. The van der Waals surface area contributed by atoms with Gasteiger partial charge in [0.25, 0.3) is 5.91 Å². The molecule has 9 heteroatoms. The second-order valence-corrected chi connectivity index (χ2v) is 11.5. The van der Waals surface area contributed by atoms with Crippen LogP contribution in [0.15, 0.2) is 78.9 Å². The first kappa shape index (κ1) is 27.7. The summed E-state index contributed by atoms with van der Waals surface area (Å²) in [4.78, 5) is 47.9.